The number of hydrogen-bond acceptors (Lipinski definition) is 8. The summed E-state index contributed by atoms with van der Waals surface area (Å²) in [6.45, 7) is 43.1. The monoisotopic (exact) mass is 752 g/mol. The van der Waals surface area contributed by atoms with Crippen molar-refractivity contribution in [2.75, 3.05) is 0 Å². The fraction of sp³-hybridized carbons (Fsp3) is 0.565. The third-order valence-electron chi connectivity index (χ3n) is 7.87. The lowest BCUT2D eigenvalue weighted by Crippen LogP contribution is -2.15. The molecule has 55 heavy (non-hydrogen) atoms. The van der Waals surface area contributed by atoms with Gasteiger partial charge in [-0.25, -0.2) is 29.9 Å². The second-order valence-corrected chi connectivity index (χ2v) is 19.0. The SMILES string of the molecule is CCn1ccc(C(C)(C)C)n1.Cc1cccc(C(C)(C)C)n1.Cc1ccnc(C(C)(C)C)n1.Cc1ccnc(C(C)(C)C)n1.Cc1nccc(C(C)(C)C)n1. The van der Waals surface area contributed by atoms with Crippen LogP contribution < -0.4 is 0 Å². The van der Waals surface area contributed by atoms with Crippen LogP contribution in [0, 0.1) is 27.7 Å². The van der Waals surface area contributed by atoms with Crippen LogP contribution in [0.4, 0.5) is 0 Å². The van der Waals surface area contributed by atoms with E-state index in [4.69, 9.17) is 0 Å². The number of aryl methyl sites for hydroxylation is 5. The molecule has 0 fully saturated rings. The van der Waals surface area contributed by atoms with Gasteiger partial charge in [-0.15, -0.1) is 0 Å². The molecule has 0 unspecified atom stereocenters. The van der Waals surface area contributed by atoms with Crippen molar-refractivity contribution in [2.24, 2.45) is 0 Å². The summed E-state index contributed by atoms with van der Waals surface area (Å²) >= 11 is 0. The van der Waals surface area contributed by atoms with E-state index in [-0.39, 0.29) is 27.1 Å². The zero-order chi connectivity index (χ0) is 42.4. The number of pyridine rings is 1. The molecule has 5 aromatic rings. The number of hydrogen-bond donors (Lipinski definition) is 0. The summed E-state index contributed by atoms with van der Waals surface area (Å²) in [6.07, 6.45) is 7.45. The van der Waals surface area contributed by atoms with Crippen LogP contribution in [0.3, 0.4) is 0 Å². The Labute approximate surface area is 334 Å². The first-order chi connectivity index (χ1) is 25.0. The van der Waals surface area contributed by atoms with E-state index in [1.807, 2.05) is 81.4 Å². The van der Waals surface area contributed by atoms with Gasteiger partial charge in [0.05, 0.1) is 5.69 Å². The quantitative estimate of drug-likeness (QED) is 0.167. The second kappa shape index (κ2) is 20.5. The summed E-state index contributed by atoms with van der Waals surface area (Å²) in [5, 5.41) is 4.42. The third-order valence-corrected chi connectivity index (χ3v) is 7.87. The Hall–Kier alpha value is -4.40. The molecule has 0 radical (unpaired) electrons. The molecule has 0 aliphatic rings. The third kappa shape index (κ3) is 19.2. The van der Waals surface area contributed by atoms with Crippen molar-refractivity contribution in [2.45, 2.75) is 172 Å². The van der Waals surface area contributed by atoms with Crippen LogP contribution in [0.1, 0.15) is 162 Å². The standard InChI is InChI=1S/C10H15N.3C9H14N2.C9H16N2/c1-8-6-5-7-9(11-8)10(2,3)4;1-7-10-6-5-8(11-7)9(2,3)4;2*1-7-5-6-10-8(11-7)9(2,3)4;1-5-11-7-6-8(10-11)9(2,3)4/h5-7H,1-4H3;3*5-6H,1-4H3;6-7H,5H2,1-4H3. The van der Waals surface area contributed by atoms with E-state index in [0.717, 1.165) is 52.5 Å². The number of rotatable bonds is 1. The van der Waals surface area contributed by atoms with Crippen LogP contribution in [-0.4, -0.2) is 44.7 Å². The maximum atomic E-state index is 4.44. The molecule has 5 heterocycles. The van der Waals surface area contributed by atoms with Gasteiger partial charge in [-0.1, -0.05) is 110 Å². The molecule has 0 aromatic carbocycles. The topological polar surface area (TPSA) is 108 Å². The molecule has 0 N–H and O–H groups in total. The van der Waals surface area contributed by atoms with Crippen LogP contribution >= 0.6 is 0 Å². The van der Waals surface area contributed by atoms with Crippen LogP contribution in [0.2, 0.25) is 0 Å². The summed E-state index contributed by atoms with van der Waals surface area (Å²) in [5.74, 6) is 2.67. The zero-order valence-corrected chi connectivity index (χ0v) is 38.1. The fourth-order valence-corrected chi connectivity index (χ4v) is 4.39. The average Bonchev–Trinajstić information content (AvgIpc) is 3.55. The summed E-state index contributed by atoms with van der Waals surface area (Å²) in [5.41, 5.74) is 7.20. The van der Waals surface area contributed by atoms with Gasteiger partial charge >= 0.3 is 0 Å². The fourth-order valence-electron chi connectivity index (χ4n) is 4.39. The van der Waals surface area contributed by atoms with E-state index in [1.165, 1.54) is 5.69 Å². The van der Waals surface area contributed by atoms with Crippen molar-refractivity contribution in [1.29, 1.82) is 0 Å². The van der Waals surface area contributed by atoms with Gasteiger partial charge in [-0.3, -0.25) is 9.67 Å². The molecule has 0 aliphatic heterocycles. The lowest BCUT2D eigenvalue weighted by molar-refractivity contribution is 0.541. The molecule has 302 valence electrons. The highest BCUT2D eigenvalue weighted by molar-refractivity contribution is 5.17. The first kappa shape index (κ1) is 48.6. The molecule has 0 bridgehead atoms. The van der Waals surface area contributed by atoms with Crippen LogP contribution in [0.25, 0.3) is 0 Å². The molecule has 0 saturated heterocycles. The van der Waals surface area contributed by atoms with Crippen LogP contribution in [0.5, 0.6) is 0 Å². The molecule has 9 nitrogen and oxygen atoms in total. The Morgan fingerprint density at radius 1 is 0.436 bits per heavy atom. The van der Waals surface area contributed by atoms with Gasteiger partial charge in [0.25, 0.3) is 0 Å². The summed E-state index contributed by atoms with van der Waals surface area (Å²) < 4.78 is 1.96. The molecule has 5 rings (SSSR count). The molecule has 5 aromatic heterocycles. The molecule has 0 amide bonds. The Bertz CT molecular complexity index is 1630. The minimum Gasteiger partial charge on any atom is -0.273 e. The highest BCUT2D eigenvalue weighted by Crippen LogP contribution is 2.21. The van der Waals surface area contributed by atoms with Crippen molar-refractivity contribution >= 4 is 0 Å². The minimum atomic E-state index is 0.0615. The second-order valence-electron chi connectivity index (χ2n) is 19.0. The molecular weight excluding hydrogens is 679 g/mol. The lowest BCUT2D eigenvalue weighted by atomic mass is 9.91. The molecule has 0 aliphatic carbocycles. The van der Waals surface area contributed by atoms with Crippen molar-refractivity contribution < 1.29 is 0 Å². The van der Waals surface area contributed by atoms with Gasteiger partial charge in [-0.2, -0.15) is 5.10 Å². The first-order valence-electron chi connectivity index (χ1n) is 19.4. The largest absolute Gasteiger partial charge is 0.273 e. The van der Waals surface area contributed by atoms with Gasteiger partial charge < -0.3 is 0 Å². The maximum absolute atomic E-state index is 4.44. The highest BCUT2D eigenvalue weighted by atomic mass is 15.3. The number of aromatic nitrogens is 9. The van der Waals surface area contributed by atoms with E-state index >= 15 is 0 Å². The Kier molecular flexibility index (Phi) is 18.1. The molecular formula is C46H73N9. The minimum absolute atomic E-state index is 0.0615. The predicted molar refractivity (Wildman–Crippen MR) is 231 cm³/mol. The summed E-state index contributed by atoms with van der Waals surface area (Å²) in [7, 11) is 0. The summed E-state index contributed by atoms with van der Waals surface area (Å²) in [4.78, 5) is 29.9. The van der Waals surface area contributed by atoms with Crippen molar-refractivity contribution in [3.8, 4) is 0 Å². The molecule has 0 atom stereocenters. The van der Waals surface area contributed by atoms with Crippen LogP contribution in [-0.2, 0) is 33.6 Å². The molecule has 9 heteroatoms. The first-order valence-corrected chi connectivity index (χ1v) is 19.4. The van der Waals surface area contributed by atoms with Crippen LogP contribution in [0.15, 0.2) is 67.3 Å². The summed E-state index contributed by atoms with van der Waals surface area (Å²) in [6, 6.07) is 14.0. The van der Waals surface area contributed by atoms with E-state index in [0.29, 0.717) is 0 Å². The predicted octanol–water partition coefficient (Wildman–Crippen LogP) is 11.1. The lowest BCUT2D eigenvalue weighted by Gasteiger charge is -2.17. The highest BCUT2D eigenvalue weighted by Gasteiger charge is 2.18. The van der Waals surface area contributed by atoms with Crippen molar-refractivity contribution in [1.82, 2.24) is 44.7 Å². The van der Waals surface area contributed by atoms with E-state index in [2.05, 4.69) is 169 Å². The van der Waals surface area contributed by atoms with Gasteiger partial charge in [0.2, 0.25) is 0 Å². The van der Waals surface area contributed by atoms with Gasteiger partial charge in [0.15, 0.2) is 0 Å². The van der Waals surface area contributed by atoms with Gasteiger partial charge in [0.1, 0.15) is 17.5 Å². The molecule has 0 spiro atoms. The van der Waals surface area contributed by atoms with E-state index < -0.39 is 0 Å². The van der Waals surface area contributed by atoms with E-state index in [9.17, 15) is 0 Å². The smallest absolute Gasteiger partial charge is 0.133 e. The normalized spacial score (nSPS) is 11.7. The number of nitrogens with zero attached hydrogens (tertiary/aromatic N) is 9. The Morgan fingerprint density at radius 2 is 0.855 bits per heavy atom. The van der Waals surface area contributed by atoms with E-state index in [1.54, 1.807) is 0 Å². The Morgan fingerprint density at radius 3 is 1.13 bits per heavy atom. The maximum Gasteiger partial charge on any atom is 0.133 e. The van der Waals surface area contributed by atoms with Gasteiger partial charge in [-0.05, 0) is 71.0 Å². The van der Waals surface area contributed by atoms with Crippen molar-refractivity contribution in [3.05, 3.63) is 119 Å². The van der Waals surface area contributed by atoms with Gasteiger partial charge in [0, 0.05) is 86.9 Å². The zero-order valence-electron chi connectivity index (χ0n) is 38.1. The average molecular weight is 752 g/mol. The Balaban J connectivity index is 0.000000344. The van der Waals surface area contributed by atoms with Crippen molar-refractivity contribution in [3.63, 3.8) is 0 Å². The molecule has 0 saturated carbocycles.